The lowest BCUT2D eigenvalue weighted by Crippen LogP contribution is -2.40. The zero-order valence-corrected chi connectivity index (χ0v) is 17.9. The van der Waals surface area contributed by atoms with Gasteiger partial charge in [-0.1, -0.05) is 6.07 Å². The van der Waals surface area contributed by atoms with Crippen LogP contribution in [0.1, 0.15) is 17.8 Å². The molecule has 0 aromatic carbocycles. The highest BCUT2D eigenvalue weighted by molar-refractivity contribution is 14.0. The van der Waals surface area contributed by atoms with Gasteiger partial charge in [-0.2, -0.15) is 0 Å². The summed E-state index contributed by atoms with van der Waals surface area (Å²) in [6.45, 7) is 5.44. The second-order valence-electron chi connectivity index (χ2n) is 6.29. The van der Waals surface area contributed by atoms with E-state index in [1.807, 2.05) is 37.0 Å². The Labute approximate surface area is 171 Å². The Hall–Kier alpha value is -1.68. The minimum absolute atomic E-state index is 0. The fraction of sp³-hybridized carbons (Fsp3) is 0.500. The van der Waals surface area contributed by atoms with E-state index in [-0.39, 0.29) is 24.0 Å². The molecular weight excluding hydrogens is 443 g/mol. The largest absolute Gasteiger partial charge is 0.384 e. The average Bonchev–Trinajstić information content (AvgIpc) is 3.26. The normalized spacial score (nSPS) is 17.3. The number of methoxy groups -OCH3 is 1. The van der Waals surface area contributed by atoms with Gasteiger partial charge in [0.05, 0.1) is 6.61 Å². The Bertz CT molecular complexity index is 732. The van der Waals surface area contributed by atoms with Crippen molar-refractivity contribution >= 4 is 29.9 Å². The number of aliphatic imine (C=N–C) groups is 1. The van der Waals surface area contributed by atoms with E-state index in [0.29, 0.717) is 12.5 Å². The summed E-state index contributed by atoms with van der Waals surface area (Å²) < 4.78 is 7.29. The van der Waals surface area contributed by atoms with Gasteiger partial charge in [-0.3, -0.25) is 9.56 Å². The number of aryl methyl sites for hydroxylation is 1. The van der Waals surface area contributed by atoms with Crippen LogP contribution in [-0.4, -0.2) is 59.2 Å². The fourth-order valence-corrected chi connectivity index (χ4v) is 3.29. The van der Waals surface area contributed by atoms with E-state index < -0.39 is 0 Å². The third kappa shape index (κ3) is 4.73. The maximum Gasteiger partial charge on any atom is 0.193 e. The standard InChI is InChI=1S/C18H26N6O.HI/c1-14-20-8-10-24(14)17-16(5-4-7-21-17)11-22-18(19-2)23-9-6-15(12-23)13-25-3;/h4-5,7-8,10,15H,6,9,11-13H2,1-3H3,(H,19,22);1H. The van der Waals surface area contributed by atoms with Gasteiger partial charge in [0.1, 0.15) is 11.6 Å². The summed E-state index contributed by atoms with van der Waals surface area (Å²) in [5.41, 5.74) is 1.11. The van der Waals surface area contributed by atoms with Gasteiger partial charge >= 0.3 is 0 Å². The molecule has 2 aromatic rings. The molecule has 1 fully saturated rings. The van der Waals surface area contributed by atoms with Gasteiger partial charge in [-0.25, -0.2) is 9.97 Å². The van der Waals surface area contributed by atoms with Crippen LogP contribution in [0.15, 0.2) is 35.7 Å². The molecule has 1 aliphatic heterocycles. The molecule has 1 N–H and O–H groups in total. The summed E-state index contributed by atoms with van der Waals surface area (Å²) in [5, 5.41) is 3.47. The van der Waals surface area contributed by atoms with Crippen LogP contribution in [0.3, 0.4) is 0 Å². The first-order chi connectivity index (χ1) is 12.2. The van der Waals surface area contributed by atoms with E-state index in [0.717, 1.165) is 49.3 Å². The first kappa shape index (κ1) is 20.6. The maximum absolute atomic E-state index is 5.28. The lowest BCUT2D eigenvalue weighted by molar-refractivity contribution is 0.157. The first-order valence-corrected chi connectivity index (χ1v) is 8.61. The average molecular weight is 470 g/mol. The van der Waals surface area contributed by atoms with E-state index in [1.54, 1.807) is 13.3 Å². The summed E-state index contributed by atoms with van der Waals surface area (Å²) in [4.78, 5) is 15.6. The van der Waals surface area contributed by atoms with Crippen LogP contribution < -0.4 is 5.32 Å². The molecule has 142 valence electrons. The number of ether oxygens (including phenoxy) is 1. The lowest BCUT2D eigenvalue weighted by atomic mass is 10.1. The molecule has 0 spiro atoms. The van der Waals surface area contributed by atoms with Crippen molar-refractivity contribution in [1.82, 2.24) is 24.8 Å². The number of halogens is 1. The summed E-state index contributed by atoms with van der Waals surface area (Å²) in [6.07, 6.45) is 6.68. The van der Waals surface area contributed by atoms with Gasteiger partial charge < -0.3 is 15.0 Å². The molecule has 0 radical (unpaired) electrons. The van der Waals surface area contributed by atoms with Crippen LogP contribution in [0, 0.1) is 12.8 Å². The van der Waals surface area contributed by atoms with Crippen molar-refractivity contribution in [2.75, 3.05) is 33.9 Å². The number of rotatable bonds is 5. The van der Waals surface area contributed by atoms with Crippen molar-refractivity contribution in [3.8, 4) is 5.82 Å². The molecule has 7 nitrogen and oxygen atoms in total. The smallest absolute Gasteiger partial charge is 0.193 e. The molecule has 1 atom stereocenters. The molecule has 3 rings (SSSR count). The van der Waals surface area contributed by atoms with Gasteiger partial charge in [0.2, 0.25) is 0 Å². The Kier molecular flexibility index (Phi) is 7.83. The molecule has 2 aromatic heterocycles. The van der Waals surface area contributed by atoms with E-state index in [1.165, 1.54) is 0 Å². The zero-order valence-electron chi connectivity index (χ0n) is 15.6. The monoisotopic (exact) mass is 470 g/mol. The summed E-state index contributed by atoms with van der Waals surface area (Å²) in [7, 11) is 3.59. The third-order valence-corrected chi connectivity index (χ3v) is 4.56. The van der Waals surface area contributed by atoms with Gasteiger partial charge in [0.25, 0.3) is 0 Å². The Morgan fingerprint density at radius 2 is 2.23 bits per heavy atom. The molecule has 8 heteroatoms. The predicted octanol–water partition coefficient (Wildman–Crippen LogP) is 2.24. The number of aromatic nitrogens is 3. The van der Waals surface area contributed by atoms with Gasteiger partial charge in [0.15, 0.2) is 5.96 Å². The van der Waals surface area contributed by atoms with Crippen molar-refractivity contribution < 1.29 is 4.74 Å². The number of likely N-dealkylation sites (tertiary alicyclic amines) is 1. The van der Waals surface area contributed by atoms with Crippen molar-refractivity contribution in [2.24, 2.45) is 10.9 Å². The summed E-state index contributed by atoms with van der Waals surface area (Å²) in [6, 6.07) is 4.04. The zero-order chi connectivity index (χ0) is 17.6. The second-order valence-corrected chi connectivity index (χ2v) is 6.29. The lowest BCUT2D eigenvalue weighted by Gasteiger charge is -2.22. The van der Waals surface area contributed by atoms with Crippen molar-refractivity contribution in [3.05, 3.63) is 42.1 Å². The Balaban J connectivity index is 0.00000243. The number of nitrogens with one attached hydrogen (secondary N) is 1. The highest BCUT2D eigenvalue weighted by Crippen LogP contribution is 2.17. The number of hydrogen-bond acceptors (Lipinski definition) is 4. The number of hydrogen-bond donors (Lipinski definition) is 1. The molecular formula is C18H27IN6O. The van der Waals surface area contributed by atoms with Crippen LogP contribution in [0.2, 0.25) is 0 Å². The van der Waals surface area contributed by atoms with Crippen LogP contribution in [0.5, 0.6) is 0 Å². The molecule has 0 bridgehead atoms. The molecule has 26 heavy (non-hydrogen) atoms. The third-order valence-electron chi connectivity index (χ3n) is 4.56. The van der Waals surface area contributed by atoms with Crippen molar-refractivity contribution in [2.45, 2.75) is 19.9 Å². The van der Waals surface area contributed by atoms with Gasteiger partial charge in [-0.15, -0.1) is 24.0 Å². The highest BCUT2D eigenvalue weighted by Gasteiger charge is 2.24. The molecule has 1 aliphatic rings. The van der Waals surface area contributed by atoms with Crippen molar-refractivity contribution in [3.63, 3.8) is 0 Å². The van der Waals surface area contributed by atoms with E-state index in [2.05, 4.69) is 31.2 Å². The highest BCUT2D eigenvalue weighted by atomic mass is 127. The van der Waals surface area contributed by atoms with E-state index in [4.69, 9.17) is 4.74 Å². The Morgan fingerprint density at radius 1 is 1.38 bits per heavy atom. The number of pyridine rings is 1. The maximum atomic E-state index is 5.28. The topological polar surface area (TPSA) is 67.6 Å². The minimum atomic E-state index is 0. The van der Waals surface area contributed by atoms with Crippen LogP contribution >= 0.6 is 24.0 Å². The fourth-order valence-electron chi connectivity index (χ4n) is 3.29. The van der Waals surface area contributed by atoms with Crippen LogP contribution in [0.4, 0.5) is 0 Å². The second kappa shape index (κ2) is 9.86. The Morgan fingerprint density at radius 3 is 2.92 bits per heavy atom. The predicted molar refractivity (Wildman–Crippen MR) is 113 cm³/mol. The van der Waals surface area contributed by atoms with Crippen LogP contribution in [-0.2, 0) is 11.3 Å². The first-order valence-electron chi connectivity index (χ1n) is 8.61. The van der Waals surface area contributed by atoms with Crippen LogP contribution in [0.25, 0.3) is 5.82 Å². The SMILES string of the molecule is CN=C(NCc1cccnc1-n1ccnc1C)N1CCC(COC)C1.I. The van der Waals surface area contributed by atoms with Gasteiger partial charge in [0, 0.05) is 63.9 Å². The number of nitrogens with zero attached hydrogens (tertiary/aromatic N) is 5. The molecule has 0 saturated carbocycles. The quantitative estimate of drug-likeness (QED) is 0.413. The summed E-state index contributed by atoms with van der Waals surface area (Å²) in [5.74, 6) is 3.33. The van der Waals surface area contributed by atoms with Gasteiger partial charge in [-0.05, 0) is 19.4 Å². The molecule has 3 heterocycles. The molecule has 0 aliphatic carbocycles. The van der Waals surface area contributed by atoms with Crippen molar-refractivity contribution in [1.29, 1.82) is 0 Å². The molecule has 1 saturated heterocycles. The molecule has 0 amide bonds. The molecule has 1 unspecified atom stereocenters. The number of guanidine groups is 1. The van der Waals surface area contributed by atoms with E-state index >= 15 is 0 Å². The minimum Gasteiger partial charge on any atom is -0.384 e. The number of imidazole rings is 1. The summed E-state index contributed by atoms with van der Waals surface area (Å²) >= 11 is 0. The van der Waals surface area contributed by atoms with E-state index in [9.17, 15) is 0 Å².